The summed E-state index contributed by atoms with van der Waals surface area (Å²) in [5.41, 5.74) is 3.75. The van der Waals surface area contributed by atoms with Gasteiger partial charge in [0.15, 0.2) is 0 Å². The molecule has 0 spiro atoms. The van der Waals surface area contributed by atoms with E-state index < -0.39 is 0 Å². The van der Waals surface area contributed by atoms with Gasteiger partial charge in [0, 0.05) is 0 Å². The predicted molar refractivity (Wildman–Crippen MR) is 70.0 cm³/mol. The van der Waals surface area contributed by atoms with Gasteiger partial charge >= 0.3 is 18.9 Å². The SMILES string of the molecule is CCC=Cc1ccc(-c2cc[c-]cc2)cc1.[Li+]. The molecule has 2 aromatic carbocycles. The fraction of sp³-hybridized carbons (Fsp3) is 0.125. The van der Waals surface area contributed by atoms with E-state index in [4.69, 9.17) is 0 Å². The van der Waals surface area contributed by atoms with Crippen molar-refractivity contribution in [2.45, 2.75) is 13.3 Å². The van der Waals surface area contributed by atoms with Crippen LogP contribution in [0.3, 0.4) is 0 Å². The van der Waals surface area contributed by atoms with E-state index in [1.165, 1.54) is 16.7 Å². The number of benzene rings is 2. The van der Waals surface area contributed by atoms with Crippen molar-refractivity contribution in [1.29, 1.82) is 0 Å². The molecule has 0 aliphatic rings. The molecule has 0 aromatic heterocycles. The van der Waals surface area contributed by atoms with Gasteiger partial charge in [0.25, 0.3) is 0 Å². The zero-order chi connectivity index (χ0) is 11.2. The Kier molecular flexibility index (Phi) is 5.84. The predicted octanol–water partition coefficient (Wildman–Crippen LogP) is 1.58. The Hall–Kier alpha value is -1.22. The maximum absolute atomic E-state index is 3.03. The maximum atomic E-state index is 3.03. The van der Waals surface area contributed by atoms with Crippen molar-refractivity contribution in [2.75, 3.05) is 0 Å². The summed E-state index contributed by atoms with van der Waals surface area (Å²) in [4.78, 5) is 0. The van der Waals surface area contributed by atoms with E-state index in [0.717, 1.165) is 6.42 Å². The third-order valence-corrected chi connectivity index (χ3v) is 2.51. The average Bonchev–Trinajstić information content (AvgIpc) is 2.38. The van der Waals surface area contributed by atoms with E-state index in [2.05, 4.69) is 61.5 Å². The van der Waals surface area contributed by atoms with Crippen molar-refractivity contribution >= 4 is 6.08 Å². The van der Waals surface area contributed by atoms with Crippen molar-refractivity contribution in [1.82, 2.24) is 0 Å². The molecule has 2 aromatic rings. The van der Waals surface area contributed by atoms with Crippen molar-refractivity contribution in [2.24, 2.45) is 0 Å². The van der Waals surface area contributed by atoms with Crippen LogP contribution in [0, 0.1) is 6.07 Å². The van der Waals surface area contributed by atoms with Crippen LogP contribution >= 0.6 is 0 Å². The Morgan fingerprint density at radius 2 is 1.53 bits per heavy atom. The van der Waals surface area contributed by atoms with Gasteiger partial charge in [-0.3, -0.25) is 0 Å². The van der Waals surface area contributed by atoms with Crippen LogP contribution in [0.15, 0.2) is 54.6 Å². The summed E-state index contributed by atoms with van der Waals surface area (Å²) in [6.45, 7) is 2.14. The zero-order valence-corrected chi connectivity index (χ0v) is 10.5. The molecular weight excluding hydrogens is 199 g/mol. The quantitative estimate of drug-likeness (QED) is 0.537. The molecule has 80 valence electrons. The van der Waals surface area contributed by atoms with Crippen molar-refractivity contribution in [3.8, 4) is 11.1 Å². The van der Waals surface area contributed by atoms with E-state index >= 15 is 0 Å². The van der Waals surface area contributed by atoms with Gasteiger partial charge < -0.3 is 0 Å². The van der Waals surface area contributed by atoms with Gasteiger partial charge in [0.2, 0.25) is 0 Å². The fourth-order valence-electron chi connectivity index (χ4n) is 1.62. The normalized spacial score (nSPS) is 10.2. The van der Waals surface area contributed by atoms with E-state index in [-0.39, 0.29) is 18.9 Å². The van der Waals surface area contributed by atoms with Crippen molar-refractivity contribution < 1.29 is 18.9 Å². The summed E-state index contributed by atoms with van der Waals surface area (Å²) in [6.07, 6.45) is 5.41. The van der Waals surface area contributed by atoms with Crippen LogP contribution in [-0.4, -0.2) is 0 Å². The molecule has 0 bridgehead atoms. The molecule has 1 heteroatoms. The summed E-state index contributed by atoms with van der Waals surface area (Å²) < 4.78 is 0. The van der Waals surface area contributed by atoms with Crippen molar-refractivity contribution in [3.05, 3.63) is 66.2 Å². The van der Waals surface area contributed by atoms with Crippen LogP contribution in [0.4, 0.5) is 0 Å². The third-order valence-electron chi connectivity index (χ3n) is 2.51. The number of allylic oxidation sites excluding steroid dienone is 1. The molecule has 2 rings (SSSR count). The minimum Gasteiger partial charge on any atom is -0.184 e. The van der Waals surface area contributed by atoms with Gasteiger partial charge in [-0.25, -0.2) is 0 Å². The van der Waals surface area contributed by atoms with Gasteiger partial charge in [0.1, 0.15) is 0 Å². The summed E-state index contributed by atoms with van der Waals surface area (Å²) in [7, 11) is 0. The number of hydrogen-bond donors (Lipinski definition) is 0. The molecule has 0 saturated carbocycles. The molecule has 0 radical (unpaired) electrons. The van der Waals surface area contributed by atoms with Gasteiger partial charge in [0.05, 0.1) is 0 Å². The fourth-order valence-corrected chi connectivity index (χ4v) is 1.62. The Labute approximate surface area is 116 Å². The average molecular weight is 214 g/mol. The first-order valence-corrected chi connectivity index (χ1v) is 5.63. The first kappa shape index (κ1) is 13.8. The Morgan fingerprint density at radius 1 is 0.941 bits per heavy atom. The molecule has 0 aliphatic carbocycles. The molecule has 0 heterocycles. The smallest absolute Gasteiger partial charge is 0.184 e. The van der Waals surface area contributed by atoms with Crippen LogP contribution in [-0.2, 0) is 0 Å². The molecule has 17 heavy (non-hydrogen) atoms. The maximum Gasteiger partial charge on any atom is 1.00 e. The summed E-state index contributed by atoms with van der Waals surface area (Å²) >= 11 is 0. The standard InChI is InChI=1S/C16H15.Li/c1-2-3-7-14-10-12-16(13-11-14)15-8-5-4-6-9-15;/h3,5-13H,2H2,1H3;/q-1;+1. The van der Waals surface area contributed by atoms with Gasteiger partial charge in [-0.15, -0.1) is 5.56 Å². The summed E-state index contributed by atoms with van der Waals surface area (Å²) in [5.74, 6) is 0. The molecular formula is C16H15Li. The molecule has 0 atom stereocenters. The van der Waals surface area contributed by atoms with Crippen molar-refractivity contribution in [3.63, 3.8) is 0 Å². The molecule has 0 amide bonds. The van der Waals surface area contributed by atoms with E-state index in [1.807, 2.05) is 12.1 Å². The van der Waals surface area contributed by atoms with Crippen LogP contribution in [0.2, 0.25) is 0 Å². The monoisotopic (exact) mass is 214 g/mol. The van der Waals surface area contributed by atoms with Gasteiger partial charge in [-0.2, -0.15) is 30.3 Å². The second-order valence-corrected chi connectivity index (χ2v) is 3.72. The van der Waals surface area contributed by atoms with E-state index in [1.54, 1.807) is 0 Å². The summed E-state index contributed by atoms with van der Waals surface area (Å²) in [6, 6.07) is 19.7. The molecule has 0 nitrogen and oxygen atoms in total. The topological polar surface area (TPSA) is 0 Å². The van der Waals surface area contributed by atoms with E-state index in [0.29, 0.717) is 0 Å². The summed E-state index contributed by atoms with van der Waals surface area (Å²) in [5, 5.41) is 0. The number of hydrogen-bond acceptors (Lipinski definition) is 0. The molecule has 0 unspecified atom stereocenters. The minimum absolute atomic E-state index is 0. The zero-order valence-electron chi connectivity index (χ0n) is 10.5. The molecule has 0 saturated heterocycles. The second-order valence-electron chi connectivity index (χ2n) is 3.72. The Balaban J connectivity index is 0.00000144. The number of rotatable bonds is 3. The first-order chi connectivity index (χ1) is 7.90. The van der Waals surface area contributed by atoms with Crippen LogP contribution in [0.5, 0.6) is 0 Å². The molecule has 0 fully saturated rings. The second kappa shape index (κ2) is 7.17. The van der Waals surface area contributed by atoms with Crippen LogP contribution in [0.25, 0.3) is 17.2 Å². The Bertz CT molecular complexity index is 455. The first-order valence-electron chi connectivity index (χ1n) is 5.63. The van der Waals surface area contributed by atoms with Crippen LogP contribution < -0.4 is 18.9 Å². The van der Waals surface area contributed by atoms with E-state index in [9.17, 15) is 0 Å². The van der Waals surface area contributed by atoms with Crippen LogP contribution in [0.1, 0.15) is 18.9 Å². The van der Waals surface area contributed by atoms with Gasteiger partial charge in [-0.05, 0) is 17.5 Å². The third kappa shape index (κ3) is 3.93. The largest absolute Gasteiger partial charge is 1.00 e. The van der Waals surface area contributed by atoms with Gasteiger partial charge in [-0.1, -0.05) is 43.3 Å². The Morgan fingerprint density at radius 3 is 2.12 bits per heavy atom. The molecule has 0 N–H and O–H groups in total. The minimum atomic E-state index is 0. The molecule has 0 aliphatic heterocycles.